The number of aldehydes is 1. The van der Waals surface area contributed by atoms with Crippen LogP contribution in [0.15, 0.2) is 18.2 Å². The molecule has 0 aliphatic heterocycles. The number of carboxylic acid groups (broad SMARTS) is 1. The lowest BCUT2D eigenvalue weighted by atomic mass is 10.2. The fourth-order valence-corrected chi connectivity index (χ4v) is 1.35. The molecule has 1 rings (SSSR count). The fraction of sp³-hybridized carbons (Fsp3) is 0.333. The minimum Gasteiger partial charge on any atom is -0.496 e. The molecule has 1 aromatic rings. The van der Waals surface area contributed by atoms with Gasteiger partial charge in [-0.15, -0.1) is 0 Å². The van der Waals surface area contributed by atoms with Gasteiger partial charge >= 0.3 is 5.97 Å². The van der Waals surface area contributed by atoms with Crippen LogP contribution < -0.4 is 9.47 Å². The zero-order valence-electron chi connectivity index (χ0n) is 9.51. The van der Waals surface area contributed by atoms with Crippen molar-refractivity contribution < 1.29 is 24.2 Å². The highest BCUT2D eigenvalue weighted by atomic mass is 16.5. The van der Waals surface area contributed by atoms with Crippen LogP contribution in [0.4, 0.5) is 0 Å². The molecule has 5 heteroatoms. The number of carboxylic acids is 1. The summed E-state index contributed by atoms with van der Waals surface area (Å²) in [5.41, 5.74) is 0.338. The smallest absolute Gasteiger partial charge is 0.303 e. The Morgan fingerprint density at radius 1 is 1.41 bits per heavy atom. The molecule has 0 aromatic heterocycles. The molecule has 0 saturated carbocycles. The second-order valence-corrected chi connectivity index (χ2v) is 3.34. The molecule has 0 heterocycles. The summed E-state index contributed by atoms with van der Waals surface area (Å²) >= 11 is 0. The summed E-state index contributed by atoms with van der Waals surface area (Å²) in [6.45, 7) is 0.250. The Morgan fingerprint density at radius 3 is 2.71 bits per heavy atom. The lowest BCUT2D eigenvalue weighted by Crippen LogP contribution is -2.04. The molecule has 92 valence electrons. The average molecular weight is 238 g/mol. The molecular weight excluding hydrogens is 224 g/mol. The molecule has 0 fully saturated rings. The van der Waals surface area contributed by atoms with E-state index in [1.165, 1.54) is 7.11 Å². The fourth-order valence-electron chi connectivity index (χ4n) is 1.35. The zero-order chi connectivity index (χ0) is 12.7. The van der Waals surface area contributed by atoms with E-state index in [2.05, 4.69) is 0 Å². The van der Waals surface area contributed by atoms with Gasteiger partial charge in [-0.05, 0) is 18.6 Å². The number of ether oxygens (including phenoxy) is 2. The highest BCUT2D eigenvalue weighted by Crippen LogP contribution is 2.26. The molecule has 0 spiro atoms. The molecule has 0 amide bonds. The molecule has 0 atom stereocenters. The minimum absolute atomic E-state index is 0.0421. The van der Waals surface area contributed by atoms with Crippen LogP contribution in [0.25, 0.3) is 0 Å². The predicted molar refractivity (Wildman–Crippen MR) is 60.7 cm³/mol. The average Bonchev–Trinajstić information content (AvgIpc) is 2.33. The minimum atomic E-state index is -0.866. The third-order valence-electron chi connectivity index (χ3n) is 2.16. The van der Waals surface area contributed by atoms with E-state index < -0.39 is 5.97 Å². The monoisotopic (exact) mass is 238 g/mol. The molecule has 0 radical (unpaired) electrons. The number of carbonyl (C=O) groups excluding carboxylic acids is 1. The van der Waals surface area contributed by atoms with Crippen LogP contribution in [0.5, 0.6) is 11.5 Å². The van der Waals surface area contributed by atoms with Crippen molar-refractivity contribution in [1.29, 1.82) is 0 Å². The second kappa shape index (κ2) is 6.52. The normalized spacial score (nSPS) is 9.71. The van der Waals surface area contributed by atoms with Crippen LogP contribution in [-0.2, 0) is 4.79 Å². The van der Waals surface area contributed by atoms with Gasteiger partial charge in [0.15, 0.2) is 6.29 Å². The summed E-state index contributed by atoms with van der Waals surface area (Å²) in [5, 5.41) is 8.46. The first-order valence-corrected chi connectivity index (χ1v) is 5.15. The largest absolute Gasteiger partial charge is 0.496 e. The van der Waals surface area contributed by atoms with Gasteiger partial charge in [0.25, 0.3) is 0 Å². The highest BCUT2D eigenvalue weighted by Gasteiger charge is 2.09. The van der Waals surface area contributed by atoms with Crippen molar-refractivity contribution in [2.75, 3.05) is 13.7 Å². The molecule has 0 aliphatic rings. The Kier molecular flexibility index (Phi) is 5.00. The van der Waals surface area contributed by atoms with Crippen molar-refractivity contribution in [3.63, 3.8) is 0 Å². The van der Waals surface area contributed by atoms with Gasteiger partial charge in [0.1, 0.15) is 11.5 Å². The van der Waals surface area contributed by atoms with Gasteiger partial charge in [-0.3, -0.25) is 9.59 Å². The Labute approximate surface area is 99.0 Å². The maximum absolute atomic E-state index is 10.9. The van der Waals surface area contributed by atoms with E-state index in [9.17, 15) is 9.59 Å². The standard InChI is InChI=1S/C12H14O5/c1-16-10-4-2-5-11(9(10)8-13)17-7-3-6-12(14)15/h2,4-5,8H,3,6-7H2,1H3,(H,14,15). The quantitative estimate of drug-likeness (QED) is 0.578. The Hall–Kier alpha value is -2.04. The number of methoxy groups -OCH3 is 1. The van der Waals surface area contributed by atoms with Crippen LogP contribution in [0.1, 0.15) is 23.2 Å². The summed E-state index contributed by atoms with van der Waals surface area (Å²) in [5.74, 6) is -0.0182. The topological polar surface area (TPSA) is 72.8 Å². The van der Waals surface area contributed by atoms with Gasteiger partial charge in [0.05, 0.1) is 19.3 Å². The van der Waals surface area contributed by atoms with Crippen molar-refractivity contribution in [3.8, 4) is 11.5 Å². The maximum Gasteiger partial charge on any atom is 0.303 e. The molecular formula is C12H14O5. The number of hydrogen-bond acceptors (Lipinski definition) is 4. The van der Waals surface area contributed by atoms with Crippen LogP contribution in [-0.4, -0.2) is 31.1 Å². The molecule has 0 bridgehead atoms. The van der Waals surface area contributed by atoms with E-state index in [1.54, 1.807) is 18.2 Å². The van der Waals surface area contributed by atoms with Gasteiger partial charge in [0, 0.05) is 6.42 Å². The third kappa shape index (κ3) is 3.79. The van der Waals surface area contributed by atoms with Crippen LogP contribution in [0.2, 0.25) is 0 Å². The lowest BCUT2D eigenvalue weighted by Gasteiger charge is -2.10. The zero-order valence-corrected chi connectivity index (χ0v) is 9.51. The highest BCUT2D eigenvalue weighted by molar-refractivity contribution is 5.83. The van der Waals surface area contributed by atoms with Crippen molar-refractivity contribution >= 4 is 12.3 Å². The molecule has 5 nitrogen and oxygen atoms in total. The first-order chi connectivity index (χ1) is 8.19. The molecule has 1 aromatic carbocycles. The van der Waals surface area contributed by atoms with E-state index in [-0.39, 0.29) is 13.0 Å². The molecule has 1 N–H and O–H groups in total. The van der Waals surface area contributed by atoms with E-state index in [1.807, 2.05) is 0 Å². The number of carbonyl (C=O) groups is 2. The summed E-state index contributed by atoms with van der Waals surface area (Å²) in [7, 11) is 1.47. The van der Waals surface area contributed by atoms with Crippen LogP contribution >= 0.6 is 0 Å². The summed E-state index contributed by atoms with van der Waals surface area (Å²) in [6.07, 6.45) is 1.09. The van der Waals surface area contributed by atoms with Gasteiger partial charge in [-0.1, -0.05) is 6.07 Å². The lowest BCUT2D eigenvalue weighted by molar-refractivity contribution is -0.137. The molecule has 0 unspecified atom stereocenters. The van der Waals surface area contributed by atoms with Gasteiger partial charge < -0.3 is 14.6 Å². The van der Waals surface area contributed by atoms with E-state index in [0.29, 0.717) is 29.8 Å². The van der Waals surface area contributed by atoms with Gasteiger partial charge in [-0.2, -0.15) is 0 Å². The summed E-state index contributed by atoms with van der Waals surface area (Å²) in [6, 6.07) is 5.01. The first kappa shape index (κ1) is 13.0. The molecule has 17 heavy (non-hydrogen) atoms. The van der Waals surface area contributed by atoms with Crippen LogP contribution in [0, 0.1) is 0 Å². The predicted octanol–water partition coefficient (Wildman–Crippen LogP) is 1.75. The molecule has 0 saturated heterocycles. The maximum atomic E-state index is 10.9. The SMILES string of the molecule is COc1cccc(OCCCC(=O)O)c1C=O. The molecule has 0 aliphatic carbocycles. The van der Waals surface area contributed by atoms with Crippen molar-refractivity contribution in [2.24, 2.45) is 0 Å². The Morgan fingerprint density at radius 2 is 2.12 bits per heavy atom. The number of benzene rings is 1. The summed E-state index contributed by atoms with van der Waals surface area (Å²) in [4.78, 5) is 21.2. The second-order valence-electron chi connectivity index (χ2n) is 3.34. The van der Waals surface area contributed by atoms with Crippen molar-refractivity contribution in [1.82, 2.24) is 0 Å². The number of rotatable bonds is 7. The van der Waals surface area contributed by atoms with Gasteiger partial charge in [-0.25, -0.2) is 0 Å². The van der Waals surface area contributed by atoms with E-state index in [4.69, 9.17) is 14.6 Å². The van der Waals surface area contributed by atoms with Crippen molar-refractivity contribution in [2.45, 2.75) is 12.8 Å². The first-order valence-electron chi connectivity index (χ1n) is 5.15. The number of hydrogen-bond donors (Lipinski definition) is 1. The third-order valence-corrected chi connectivity index (χ3v) is 2.16. The van der Waals surface area contributed by atoms with Gasteiger partial charge in [0.2, 0.25) is 0 Å². The van der Waals surface area contributed by atoms with E-state index in [0.717, 1.165) is 0 Å². The summed E-state index contributed by atoms with van der Waals surface area (Å²) < 4.78 is 10.4. The Bertz CT molecular complexity index is 400. The van der Waals surface area contributed by atoms with E-state index >= 15 is 0 Å². The Balaban J connectivity index is 2.64. The number of aliphatic carboxylic acids is 1. The van der Waals surface area contributed by atoms with Crippen molar-refractivity contribution in [3.05, 3.63) is 23.8 Å². The van der Waals surface area contributed by atoms with Crippen LogP contribution in [0.3, 0.4) is 0 Å².